The monoisotopic (exact) mass is 367 g/mol. The molecule has 0 radical (unpaired) electrons. The Hall–Kier alpha value is -0.0700. The van der Waals surface area contributed by atoms with E-state index in [4.69, 9.17) is 10.5 Å². The van der Waals surface area contributed by atoms with Crippen LogP contribution in [0.1, 0.15) is 44.9 Å². The largest absolute Gasteiger partial charge is 0.381 e. The van der Waals surface area contributed by atoms with E-state index in [1.54, 1.807) is 0 Å². The molecule has 3 heterocycles. The lowest BCUT2D eigenvalue weighted by atomic mass is 9.88. The maximum absolute atomic E-state index is 12.7. The highest BCUT2D eigenvalue weighted by atomic mass is 35.5. The van der Waals surface area contributed by atoms with Gasteiger partial charge >= 0.3 is 0 Å². The minimum Gasteiger partial charge on any atom is -0.381 e. The molecule has 7 heteroatoms. The van der Waals surface area contributed by atoms with Crippen molar-refractivity contribution in [3.63, 3.8) is 0 Å². The van der Waals surface area contributed by atoms with E-state index in [-0.39, 0.29) is 30.7 Å². The summed E-state index contributed by atoms with van der Waals surface area (Å²) in [5.41, 5.74) is 5.66. The van der Waals surface area contributed by atoms with Crippen molar-refractivity contribution in [1.29, 1.82) is 0 Å². The van der Waals surface area contributed by atoms with Crippen LogP contribution in [0, 0.1) is 0 Å². The number of halogens is 2. The second-order valence-corrected chi connectivity index (χ2v) is 6.89. The summed E-state index contributed by atoms with van der Waals surface area (Å²) in [5.74, 6) is 0.155. The van der Waals surface area contributed by atoms with Crippen molar-refractivity contribution in [2.45, 2.75) is 56.5 Å². The fourth-order valence-electron chi connectivity index (χ4n) is 3.98. The third-order valence-electron chi connectivity index (χ3n) is 5.47. The lowest BCUT2D eigenvalue weighted by Crippen LogP contribution is -2.60. The van der Waals surface area contributed by atoms with Crippen molar-refractivity contribution in [2.24, 2.45) is 5.73 Å². The van der Waals surface area contributed by atoms with Gasteiger partial charge in [-0.1, -0.05) is 6.42 Å². The number of rotatable bonds is 2. The molecule has 3 aliphatic heterocycles. The Labute approximate surface area is 152 Å². The van der Waals surface area contributed by atoms with Gasteiger partial charge < -0.3 is 20.3 Å². The molecular weight excluding hydrogens is 337 g/mol. The molecule has 0 bridgehead atoms. The minimum atomic E-state index is -0.670. The van der Waals surface area contributed by atoms with Gasteiger partial charge in [0.1, 0.15) is 0 Å². The maximum Gasteiger partial charge on any atom is 0.242 e. The maximum atomic E-state index is 12.7. The molecule has 136 valence electrons. The van der Waals surface area contributed by atoms with Crippen LogP contribution >= 0.6 is 24.8 Å². The van der Waals surface area contributed by atoms with Crippen LogP contribution in [0.3, 0.4) is 0 Å². The van der Waals surface area contributed by atoms with Crippen LogP contribution in [-0.2, 0) is 9.53 Å². The number of hydrogen-bond donors (Lipinski definition) is 1. The van der Waals surface area contributed by atoms with Crippen LogP contribution in [-0.4, -0.2) is 66.7 Å². The molecule has 3 saturated heterocycles. The van der Waals surface area contributed by atoms with E-state index in [2.05, 4.69) is 4.90 Å². The Morgan fingerprint density at radius 3 is 2.09 bits per heavy atom. The molecule has 0 saturated carbocycles. The minimum absolute atomic E-state index is 0. The standard InChI is InChI=1S/C16H29N3O2.2ClH/c17-16(6-12-21-13-7-16)15(20)19-10-4-14(5-11-19)18-8-2-1-3-9-18;;/h14H,1-13,17H2;2*1H. The van der Waals surface area contributed by atoms with E-state index in [9.17, 15) is 4.79 Å². The number of nitrogens with zero attached hydrogens (tertiary/aromatic N) is 2. The van der Waals surface area contributed by atoms with Crippen molar-refractivity contribution in [2.75, 3.05) is 39.4 Å². The molecule has 23 heavy (non-hydrogen) atoms. The normalized spacial score (nSPS) is 26.0. The van der Waals surface area contributed by atoms with Gasteiger partial charge in [-0.15, -0.1) is 24.8 Å². The van der Waals surface area contributed by atoms with Crippen molar-refractivity contribution < 1.29 is 9.53 Å². The first-order chi connectivity index (χ1) is 10.2. The summed E-state index contributed by atoms with van der Waals surface area (Å²) < 4.78 is 5.34. The summed E-state index contributed by atoms with van der Waals surface area (Å²) in [4.78, 5) is 17.3. The zero-order valence-electron chi connectivity index (χ0n) is 13.9. The van der Waals surface area contributed by atoms with Crippen molar-refractivity contribution in [3.8, 4) is 0 Å². The molecule has 3 aliphatic rings. The predicted octanol–water partition coefficient (Wildman–Crippen LogP) is 1.81. The summed E-state index contributed by atoms with van der Waals surface area (Å²) in [6.45, 7) is 5.48. The summed E-state index contributed by atoms with van der Waals surface area (Å²) in [7, 11) is 0. The Morgan fingerprint density at radius 1 is 0.957 bits per heavy atom. The molecule has 0 aromatic carbocycles. The van der Waals surface area contributed by atoms with Gasteiger partial charge in [-0.2, -0.15) is 0 Å². The fraction of sp³-hybridized carbons (Fsp3) is 0.938. The Bertz CT molecular complexity index is 364. The van der Waals surface area contributed by atoms with Gasteiger partial charge in [0.05, 0.1) is 5.54 Å². The van der Waals surface area contributed by atoms with Gasteiger partial charge in [0.2, 0.25) is 5.91 Å². The van der Waals surface area contributed by atoms with Gasteiger partial charge in [-0.25, -0.2) is 0 Å². The smallest absolute Gasteiger partial charge is 0.242 e. The molecule has 2 N–H and O–H groups in total. The summed E-state index contributed by atoms with van der Waals surface area (Å²) in [6, 6.07) is 0.678. The molecule has 0 aliphatic carbocycles. The molecule has 0 aromatic heterocycles. The molecule has 3 fully saturated rings. The van der Waals surface area contributed by atoms with Crippen molar-refractivity contribution in [1.82, 2.24) is 9.80 Å². The van der Waals surface area contributed by atoms with Crippen LogP contribution in [0.25, 0.3) is 0 Å². The first kappa shape index (κ1) is 21.0. The Balaban J connectivity index is 0.00000132. The van der Waals surface area contributed by atoms with Crippen molar-refractivity contribution in [3.05, 3.63) is 0 Å². The molecule has 0 unspecified atom stereocenters. The van der Waals surface area contributed by atoms with E-state index in [0.29, 0.717) is 32.1 Å². The average Bonchev–Trinajstić information content (AvgIpc) is 2.56. The van der Waals surface area contributed by atoms with Gasteiger partial charge in [0, 0.05) is 32.3 Å². The van der Waals surface area contributed by atoms with Crippen LogP contribution in [0.5, 0.6) is 0 Å². The van der Waals surface area contributed by atoms with Gasteiger partial charge in [-0.3, -0.25) is 4.79 Å². The summed E-state index contributed by atoms with van der Waals surface area (Å²) in [6.07, 6.45) is 7.61. The number of ether oxygens (including phenoxy) is 1. The molecule has 0 atom stereocenters. The number of likely N-dealkylation sites (tertiary alicyclic amines) is 2. The molecule has 1 amide bonds. The third kappa shape index (κ3) is 4.95. The first-order valence-electron chi connectivity index (χ1n) is 8.59. The number of piperidine rings is 2. The lowest BCUT2D eigenvalue weighted by Gasteiger charge is -2.43. The Kier molecular flexibility index (Phi) is 8.59. The predicted molar refractivity (Wildman–Crippen MR) is 96.5 cm³/mol. The average molecular weight is 368 g/mol. The zero-order valence-corrected chi connectivity index (χ0v) is 15.5. The van der Waals surface area contributed by atoms with Crippen LogP contribution in [0.4, 0.5) is 0 Å². The summed E-state index contributed by atoms with van der Waals surface area (Å²) in [5, 5.41) is 0. The van der Waals surface area contributed by atoms with Crippen LogP contribution in [0.15, 0.2) is 0 Å². The van der Waals surface area contributed by atoms with Gasteiger partial charge in [-0.05, 0) is 51.6 Å². The topological polar surface area (TPSA) is 58.8 Å². The highest BCUT2D eigenvalue weighted by molar-refractivity contribution is 5.86. The number of nitrogens with two attached hydrogens (primary N) is 1. The second-order valence-electron chi connectivity index (χ2n) is 6.89. The number of hydrogen-bond acceptors (Lipinski definition) is 4. The van der Waals surface area contributed by atoms with E-state index in [0.717, 1.165) is 25.9 Å². The molecule has 0 spiro atoms. The highest BCUT2D eigenvalue weighted by Crippen LogP contribution is 2.25. The zero-order chi connectivity index (χ0) is 14.7. The third-order valence-corrected chi connectivity index (χ3v) is 5.47. The number of carbonyl (C=O) groups is 1. The SMILES string of the molecule is Cl.Cl.NC1(C(=O)N2CCC(N3CCCCC3)CC2)CCOCC1. The number of amides is 1. The second kappa shape index (κ2) is 9.42. The number of carbonyl (C=O) groups excluding carboxylic acids is 1. The van der Waals surface area contributed by atoms with Crippen molar-refractivity contribution >= 4 is 30.7 Å². The molecule has 3 rings (SSSR count). The Morgan fingerprint density at radius 2 is 1.52 bits per heavy atom. The van der Waals surface area contributed by atoms with E-state index >= 15 is 0 Å². The fourth-order valence-corrected chi connectivity index (χ4v) is 3.98. The highest BCUT2D eigenvalue weighted by Gasteiger charge is 2.40. The molecule has 0 aromatic rings. The molecule has 5 nitrogen and oxygen atoms in total. The quantitative estimate of drug-likeness (QED) is 0.808. The van der Waals surface area contributed by atoms with E-state index in [1.165, 1.54) is 32.4 Å². The molecular formula is C16H31Cl2N3O2. The first-order valence-corrected chi connectivity index (χ1v) is 8.59. The van der Waals surface area contributed by atoms with Gasteiger partial charge in [0.15, 0.2) is 0 Å². The van der Waals surface area contributed by atoms with E-state index in [1.807, 2.05) is 4.90 Å². The van der Waals surface area contributed by atoms with Gasteiger partial charge in [0.25, 0.3) is 0 Å². The van der Waals surface area contributed by atoms with Crippen LogP contribution < -0.4 is 5.73 Å². The summed E-state index contributed by atoms with van der Waals surface area (Å²) >= 11 is 0. The lowest BCUT2D eigenvalue weighted by molar-refractivity contribution is -0.142. The van der Waals surface area contributed by atoms with Crippen LogP contribution in [0.2, 0.25) is 0 Å². The van der Waals surface area contributed by atoms with E-state index < -0.39 is 5.54 Å².